The van der Waals surface area contributed by atoms with Crippen LogP contribution in [0.15, 0.2) is 54.7 Å². The van der Waals surface area contributed by atoms with Crippen LogP contribution in [0.5, 0.6) is 0 Å². The summed E-state index contributed by atoms with van der Waals surface area (Å²) < 4.78 is 40.5. The van der Waals surface area contributed by atoms with E-state index in [0.29, 0.717) is 66.4 Å². The zero-order valence-corrected chi connectivity index (χ0v) is 36.4. The molecule has 15 nitrogen and oxygen atoms in total. The summed E-state index contributed by atoms with van der Waals surface area (Å²) in [5.74, 6) is -0.844. The standard InChI is InChI=1S/C47H53F3N10O5/c1-29-24-55(25-31-27-59(28-31)33-3-6-36-37(21-33)46(65)60(45(36)64)40-8-10-42(61)54-44(40)63)19-20-58(29)26-30-11-15-57(16-12-30)35-5-9-41(52-23-35)53-43(62)32-13-17-56(18-14-32)34-4-7-39(51-2)38(22-34)47(48,49)50/h3-7,9,21-23,29-32,40H,8,10-20,24-28H2,1H3,(H,52,53,62)(H,54,61,63)/t29-,40?/m1/s1. The van der Waals surface area contributed by atoms with Gasteiger partial charge in [0.2, 0.25) is 17.7 Å². The van der Waals surface area contributed by atoms with Crippen LogP contribution < -0.4 is 25.3 Å². The van der Waals surface area contributed by atoms with Gasteiger partial charge in [-0.3, -0.25) is 39.1 Å². The molecule has 6 aliphatic rings. The molecule has 1 aromatic heterocycles. The molecule has 0 aliphatic carbocycles. The monoisotopic (exact) mass is 894 g/mol. The highest BCUT2D eigenvalue weighted by molar-refractivity contribution is 6.23. The second kappa shape index (κ2) is 18.1. The van der Waals surface area contributed by atoms with E-state index in [-0.39, 0.29) is 24.7 Å². The molecule has 18 heteroatoms. The Morgan fingerprint density at radius 3 is 2.14 bits per heavy atom. The normalized spacial score (nSPS) is 23.1. The number of hydrogen-bond acceptors (Lipinski definition) is 11. The summed E-state index contributed by atoms with van der Waals surface area (Å²) in [4.78, 5) is 83.8. The maximum atomic E-state index is 13.5. The van der Waals surface area contributed by atoms with Gasteiger partial charge in [0.1, 0.15) is 11.9 Å². The Kier molecular flexibility index (Phi) is 12.3. The fraction of sp³-hybridized carbons (Fsp3) is 0.511. The van der Waals surface area contributed by atoms with Crippen LogP contribution in [0.4, 0.5) is 41.7 Å². The number of pyridine rings is 1. The van der Waals surface area contributed by atoms with Gasteiger partial charge >= 0.3 is 6.18 Å². The molecule has 2 atom stereocenters. The molecule has 3 aromatic rings. The number of anilines is 4. The first-order chi connectivity index (χ1) is 31.2. The third-order valence-electron chi connectivity index (χ3n) is 14.2. The second-order valence-electron chi connectivity index (χ2n) is 18.4. The summed E-state index contributed by atoms with van der Waals surface area (Å²) in [5, 5.41) is 5.17. The van der Waals surface area contributed by atoms with Crippen molar-refractivity contribution in [2.75, 3.05) is 92.0 Å². The molecule has 342 valence electrons. The van der Waals surface area contributed by atoms with E-state index < -0.39 is 47.1 Å². The molecule has 2 aromatic carbocycles. The topological polar surface area (TPSA) is 146 Å². The lowest BCUT2D eigenvalue weighted by atomic mass is 9.94. The number of nitrogens with zero attached hydrogens (tertiary/aromatic N) is 8. The van der Waals surface area contributed by atoms with Crippen molar-refractivity contribution in [2.45, 2.75) is 63.7 Å². The van der Waals surface area contributed by atoms with Crippen LogP contribution >= 0.6 is 0 Å². The molecule has 1 unspecified atom stereocenters. The number of rotatable bonds is 10. The molecule has 5 saturated heterocycles. The van der Waals surface area contributed by atoms with E-state index in [1.54, 1.807) is 18.3 Å². The van der Waals surface area contributed by atoms with Gasteiger partial charge in [-0.2, -0.15) is 13.2 Å². The lowest BCUT2D eigenvalue weighted by molar-refractivity contribution is -0.137. The molecule has 0 saturated carbocycles. The van der Waals surface area contributed by atoms with Gasteiger partial charge in [0, 0.05) is 108 Å². The predicted molar refractivity (Wildman–Crippen MR) is 237 cm³/mol. The van der Waals surface area contributed by atoms with Gasteiger partial charge in [-0.25, -0.2) is 9.83 Å². The number of hydrogen-bond donors (Lipinski definition) is 2. The van der Waals surface area contributed by atoms with Crippen molar-refractivity contribution in [1.29, 1.82) is 0 Å². The van der Waals surface area contributed by atoms with Gasteiger partial charge in [-0.05, 0) is 87.4 Å². The number of amides is 5. The fourth-order valence-corrected chi connectivity index (χ4v) is 10.5. The summed E-state index contributed by atoms with van der Waals surface area (Å²) >= 11 is 0. The molecule has 5 amide bonds. The van der Waals surface area contributed by atoms with E-state index in [2.05, 4.69) is 47.0 Å². The number of carbonyl (C=O) groups excluding carboxylic acids is 5. The maximum absolute atomic E-state index is 13.5. The molecule has 5 fully saturated rings. The van der Waals surface area contributed by atoms with Crippen molar-refractivity contribution < 1.29 is 37.1 Å². The van der Waals surface area contributed by atoms with Gasteiger partial charge < -0.3 is 24.9 Å². The lowest BCUT2D eigenvalue weighted by Crippen LogP contribution is -2.57. The van der Waals surface area contributed by atoms with Gasteiger partial charge in [0.15, 0.2) is 5.69 Å². The van der Waals surface area contributed by atoms with E-state index in [9.17, 15) is 37.1 Å². The highest BCUT2D eigenvalue weighted by Gasteiger charge is 2.45. The van der Waals surface area contributed by atoms with E-state index in [0.717, 1.165) is 94.1 Å². The number of alkyl halides is 3. The smallest absolute Gasteiger partial charge is 0.372 e. The van der Waals surface area contributed by atoms with Gasteiger partial charge in [-0.15, -0.1) is 0 Å². The van der Waals surface area contributed by atoms with E-state index in [1.807, 2.05) is 23.1 Å². The number of aromatic nitrogens is 1. The van der Waals surface area contributed by atoms with Gasteiger partial charge in [0.25, 0.3) is 11.8 Å². The zero-order valence-electron chi connectivity index (χ0n) is 36.4. The summed E-state index contributed by atoms with van der Waals surface area (Å²) in [7, 11) is 0. The Labute approximate surface area is 375 Å². The minimum atomic E-state index is -4.62. The third kappa shape index (κ3) is 9.26. The summed E-state index contributed by atoms with van der Waals surface area (Å²) in [6.45, 7) is 19.0. The number of piperazine rings is 1. The van der Waals surface area contributed by atoms with Crippen molar-refractivity contribution in [1.82, 2.24) is 25.0 Å². The van der Waals surface area contributed by atoms with Crippen LogP contribution in [0.3, 0.4) is 0 Å². The first kappa shape index (κ1) is 44.2. The van der Waals surface area contributed by atoms with Crippen LogP contribution in [0.1, 0.15) is 71.7 Å². The van der Waals surface area contributed by atoms with Crippen LogP contribution in [-0.2, 0) is 20.6 Å². The number of carbonyl (C=O) groups is 5. The van der Waals surface area contributed by atoms with Crippen molar-refractivity contribution in [3.63, 3.8) is 0 Å². The number of piperidine rings is 3. The Morgan fingerprint density at radius 2 is 1.46 bits per heavy atom. The largest absolute Gasteiger partial charge is 0.407 e. The number of fused-ring (bicyclic) bond motifs is 1. The minimum absolute atomic E-state index is 0.0871. The first-order valence-electron chi connectivity index (χ1n) is 22.6. The first-order valence-corrected chi connectivity index (χ1v) is 22.6. The van der Waals surface area contributed by atoms with E-state index in [1.165, 1.54) is 12.1 Å². The SMILES string of the molecule is [C-]#[N+]c1ccc(N2CCC(C(=O)Nc3ccc(N4CCC(CN5CCN(CC6CN(c7ccc8c(c7)C(=O)N(C7CCC(=O)NC7=O)C8=O)C6)C[C@H]5C)CC4)cn3)CC2)cc1C(F)(F)F. The molecule has 0 bridgehead atoms. The quantitative estimate of drug-likeness (QED) is 0.203. The molecule has 0 radical (unpaired) electrons. The van der Waals surface area contributed by atoms with E-state index >= 15 is 0 Å². The minimum Gasteiger partial charge on any atom is -0.372 e. The van der Waals surface area contributed by atoms with Crippen LogP contribution in [-0.4, -0.2) is 133 Å². The second-order valence-corrected chi connectivity index (χ2v) is 18.4. The van der Waals surface area contributed by atoms with Crippen LogP contribution in [0.25, 0.3) is 4.85 Å². The Morgan fingerprint density at radius 1 is 0.785 bits per heavy atom. The Balaban J connectivity index is 0.675. The summed E-state index contributed by atoms with van der Waals surface area (Å²) in [5.41, 5.74) is 1.54. The zero-order chi connectivity index (χ0) is 45.6. The summed E-state index contributed by atoms with van der Waals surface area (Å²) in [6, 6.07) is 12.4. The number of benzene rings is 2. The molecule has 6 aliphatic heterocycles. The predicted octanol–water partition coefficient (Wildman–Crippen LogP) is 5.27. The lowest BCUT2D eigenvalue weighted by Gasteiger charge is -2.47. The average Bonchev–Trinajstić information content (AvgIpc) is 3.53. The maximum Gasteiger partial charge on any atom is 0.407 e. The van der Waals surface area contributed by atoms with E-state index in [4.69, 9.17) is 6.57 Å². The number of imide groups is 2. The third-order valence-corrected chi connectivity index (χ3v) is 14.2. The van der Waals surface area contributed by atoms with Crippen molar-refractivity contribution in [3.8, 4) is 0 Å². The molecule has 9 rings (SSSR count). The summed E-state index contributed by atoms with van der Waals surface area (Å²) in [6.07, 6.45) is 0.561. The molecular formula is C47H53F3N10O5. The Hall–Kier alpha value is -6.06. The number of nitrogens with one attached hydrogen (secondary N) is 2. The molecule has 65 heavy (non-hydrogen) atoms. The van der Waals surface area contributed by atoms with Crippen molar-refractivity contribution in [3.05, 3.63) is 82.8 Å². The van der Waals surface area contributed by atoms with Crippen LogP contribution in [0, 0.1) is 24.3 Å². The van der Waals surface area contributed by atoms with Crippen LogP contribution in [0.2, 0.25) is 0 Å². The number of halogens is 3. The van der Waals surface area contributed by atoms with Gasteiger partial charge in [0.05, 0.1) is 35.1 Å². The molecule has 7 heterocycles. The highest BCUT2D eigenvalue weighted by Crippen LogP contribution is 2.40. The highest BCUT2D eigenvalue weighted by atomic mass is 19.4. The van der Waals surface area contributed by atoms with Crippen molar-refractivity contribution in [2.24, 2.45) is 17.8 Å². The molecule has 2 N–H and O–H groups in total. The Bertz CT molecular complexity index is 2390. The van der Waals surface area contributed by atoms with Crippen molar-refractivity contribution >= 4 is 58.1 Å². The molecular weight excluding hydrogens is 842 g/mol. The fourth-order valence-electron chi connectivity index (χ4n) is 10.5. The molecule has 0 spiro atoms. The van der Waals surface area contributed by atoms with Gasteiger partial charge in [-0.1, -0.05) is 6.07 Å². The average molecular weight is 895 g/mol.